The third kappa shape index (κ3) is 4.31. The van der Waals surface area contributed by atoms with Crippen molar-refractivity contribution in [1.29, 1.82) is 0 Å². The first kappa shape index (κ1) is 14.0. The fourth-order valence-corrected chi connectivity index (χ4v) is 1.98. The van der Waals surface area contributed by atoms with Crippen LogP contribution in [-0.2, 0) is 17.6 Å². The van der Waals surface area contributed by atoms with Gasteiger partial charge in [0.1, 0.15) is 0 Å². The lowest BCUT2D eigenvalue weighted by Gasteiger charge is -2.05. The van der Waals surface area contributed by atoms with Crippen LogP contribution in [0.25, 0.3) is 0 Å². The average Bonchev–Trinajstić information content (AvgIpc) is 2.76. The monoisotopic (exact) mass is 281 g/mol. The van der Waals surface area contributed by atoms with Crippen LogP contribution < -0.4 is 5.73 Å². The van der Waals surface area contributed by atoms with E-state index in [-0.39, 0.29) is 6.04 Å². The van der Waals surface area contributed by atoms with Crippen LogP contribution in [0, 0.1) is 0 Å². The van der Waals surface area contributed by atoms with Gasteiger partial charge in [-0.25, -0.2) is 0 Å². The molecule has 1 atom stereocenters. The molecular formula is C13H16ClN3O2. The Hall–Kier alpha value is -1.43. The molecule has 2 N–H and O–H groups in total. The lowest BCUT2D eigenvalue weighted by Crippen LogP contribution is -2.28. The van der Waals surface area contributed by atoms with Crippen molar-refractivity contribution < 1.29 is 9.26 Å². The highest BCUT2D eigenvalue weighted by molar-refractivity contribution is 6.30. The molecule has 0 aliphatic heterocycles. The Morgan fingerprint density at radius 1 is 1.47 bits per heavy atom. The zero-order valence-corrected chi connectivity index (χ0v) is 11.4. The van der Waals surface area contributed by atoms with Crippen LogP contribution in [0.5, 0.6) is 0 Å². The first-order valence-corrected chi connectivity index (χ1v) is 6.35. The third-order valence-electron chi connectivity index (χ3n) is 2.58. The summed E-state index contributed by atoms with van der Waals surface area (Å²) in [5.41, 5.74) is 6.87. The Morgan fingerprint density at radius 2 is 2.32 bits per heavy atom. The molecule has 0 amide bonds. The van der Waals surface area contributed by atoms with E-state index in [4.69, 9.17) is 26.6 Å². The Kier molecular flexibility index (Phi) is 4.90. The zero-order chi connectivity index (χ0) is 13.7. The number of methoxy groups -OCH3 is 1. The number of benzene rings is 1. The Morgan fingerprint density at radius 3 is 3.05 bits per heavy atom. The van der Waals surface area contributed by atoms with Gasteiger partial charge in [-0.2, -0.15) is 4.98 Å². The molecule has 0 fully saturated rings. The minimum atomic E-state index is -0.135. The fraction of sp³-hybridized carbons (Fsp3) is 0.385. The maximum Gasteiger partial charge on any atom is 0.228 e. The molecule has 0 saturated heterocycles. The van der Waals surface area contributed by atoms with Crippen LogP contribution in [-0.4, -0.2) is 29.9 Å². The number of hydrogen-bond donors (Lipinski definition) is 1. The number of nitrogens with two attached hydrogens (primary N) is 1. The zero-order valence-electron chi connectivity index (χ0n) is 10.7. The van der Waals surface area contributed by atoms with Crippen LogP contribution in [0.15, 0.2) is 28.8 Å². The van der Waals surface area contributed by atoms with E-state index in [0.717, 1.165) is 5.56 Å². The van der Waals surface area contributed by atoms with Crippen molar-refractivity contribution in [2.24, 2.45) is 5.73 Å². The highest BCUT2D eigenvalue weighted by Gasteiger charge is 2.11. The van der Waals surface area contributed by atoms with Crippen LogP contribution in [0.3, 0.4) is 0 Å². The quantitative estimate of drug-likeness (QED) is 0.874. The molecule has 1 aromatic heterocycles. The second-order valence-electron chi connectivity index (χ2n) is 4.33. The molecule has 6 heteroatoms. The summed E-state index contributed by atoms with van der Waals surface area (Å²) < 4.78 is 10.1. The van der Waals surface area contributed by atoms with Crippen molar-refractivity contribution in [3.8, 4) is 0 Å². The number of rotatable bonds is 6. The fourth-order valence-electron chi connectivity index (χ4n) is 1.77. The molecule has 0 radical (unpaired) electrons. The molecular weight excluding hydrogens is 266 g/mol. The van der Waals surface area contributed by atoms with E-state index in [1.54, 1.807) is 7.11 Å². The molecule has 0 aliphatic rings. The van der Waals surface area contributed by atoms with E-state index in [9.17, 15) is 0 Å². The molecule has 2 aromatic rings. The van der Waals surface area contributed by atoms with Crippen LogP contribution in [0.4, 0.5) is 0 Å². The van der Waals surface area contributed by atoms with E-state index < -0.39 is 0 Å². The first-order valence-electron chi connectivity index (χ1n) is 5.98. The molecule has 0 saturated carbocycles. The third-order valence-corrected chi connectivity index (χ3v) is 2.81. The van der Waals surface area contributed by atoms with E-state index >= 15 is 0 Å². The predicted molar refractivity (Wildman–Crippen MR) is 72.1 cm³/mol. The maximum absolute atomic E-state index is 5.93. The van der Waals surface area contributed by atoms with Gasteiger partial charge in [-0.3, -0.25) is 0 Å². The van der Waals surface area contributed by atoms with Crippen molar-refractivity contribution in [2.45, 2.75) is 18.9 Å². The molecule has 0 bridgehead atoms. The molecule has 1 heterocycles. The largest absolute Gasteiger partial charge is 0.383 e. The van der Waals surface area contributed by atoms with E-state index in [0.29, 0.717) is 36.2 Å². The van der Waals surface area contributed by atoms with Gasteiger partial charge in [0.15, 0.2) is 5.82 Å². The summed E-state index contributed by atoms with van der Waals surface area (Å²) in [7, 11) is 1.61. The van der Waals surface area contributed by atoms with Crippen molar-refractivity contribution in [1.82, 2.24) is 10.1 Å². The summed E-state index contributed by atoms with van der Waals surface area (Å²) in [6.07, 6.45) is 1.10. The summed E-state index contributed by atoms with van der Waals surface area (Å²) in [4.78, 5) is 4.30. The topological polar surface area (TPSA) is 74.2 Å². The van der Waals surface area contributed by atoms with Crippen molar-refractivity contribution in [2.75, 3.05) is 13.7 Å². The number of ether oxygens (including phenoxy) is 1. The van der Waals surface area contributed by atoms with E-state index in [2.05, 4.69) is 10.1 Å². The second-order valence-corrected chi connectivity index (χ2v) is 4.77. The summed E-state index contributed by atoms with van der Waals surface area (Å²) >= 11 is 5.93. The van der Waals surface area contributed by atoms with Crippen molar-refractivity contribution >= 4 is 11.6 Å². The number of halogens is 1. The van der Waals surface area contributed by atoms with Gasteiger partial charge in [0.25, 0.3) is 0 Å². The summed E-state index contributed by atoms with van der Waals surface area (Å²) in [5, 5.41) is 4.63. The van der Waals surface area contributed by atoms with Gasteiger partial charge in [0.2, 0.25) is 5.89 Å². The Labute approximate surface area is 116 Å². The molecule has 0 spiro atoms. The van der Waals surface area contributed by atoms with Gasteiger partial charge in [-0.1, -0.05) is 28.9 Å². The van der Waals surface area contributed by atoms with E-state index in [1.807, 2.05) is 24.3 Å². The average molecular weight is 282 g/mol. The summed E-state index contributed by atoms with van der Waals surface area (Å²) in [6, 6.07) is 7.45. The molecule has 19 heavy (non-hydrogen) atoms. The smallest absolute Gasteiger partial charge is 0.228 e. The SMILES string of the molecule is COCC(N)Cc1nc(Cc2cccc(Cl)c2)no1. The Bertz CT molecular complexity index is 530. The van der Waals surface area contributed by atoms with Gasteiger partial charge < -0.3 is 15.0 Å². The van der Waals surface area contributed by atoms with Gasteiger partial charge >= 0.3 is 0 Å². The molecule has 0 aliphatic carbocycles. The minimum absolute atomic E-state index is 0.135. The highest BCUT2D eigenvalue weighted by Crippen LogP contribution is 2.13. The van der Waals surface area contributed by atoms with Gasteiger partial charge in [0.05, 0.1) is 6.61 Å². The molecule has 1 unspecified atom stereocenters. The van der Waals surface area contributed by atoms with E-state index in [1.165, 1.54) is 0 Å². The van der Waals surface area contributed by atoms with Crippen LogP contribution >= 0.6 is 11.6 Å². The van der Waals surface area contributed by atoms with Crippen molar-refractivity contribution in [3.05, 3.63) is 46.6 Å². The standard InChI is InChI=1S/C13H16ClN3O2/c1-18-8-11(15)7-13-16-12(17-19-13)6-9-3-2-4-10(14)5-9/h2-5,11H,6-8,15H2,1H3. The summed E-state index contributed by atoms with van der Waals surface area (Å²) in [5.74, 6) is 1.16. The van der Waals surface area contributed by atoms with Gasteiger partial charge in [0, 0.05) is 31.0 Å². The number of hydrogen-bond acceptors (Lipinski definition) is 5. The maximum atomic E-state index is 5.93. The number of aromatic nitrogens is 2. The predicted octanol–water partition coefficient (Wildman–Crippen LogP) is 1.83. The van der Waals surface area contributed by atoms with Crippen LogP contribution in [0.1, 0.15) is 17.3 Å². The normalized spacial score (nSPS) is 12.6. The molecule has 1 aromatic carbocycles. The second kappa shape index (κ2) is 6.65. The van der Waals surface area contributed by atoms with Crippen LogP contribution in [0.2, 0.25) is 5.02 Å². The lowest BCUT2D eigenvalue weighted by atomic mass is 10.1. The lowest BCUT2D eigenvalue weighted by molar-refractivity contribution is 0.176. The highest BCUT2D eigenvalue weighted by atomic mass is 35.5. The molecule has 2 rings (SSSR count). The van der Waals surface area contributed by atoms with Gasteiger partial charge in [-0.15, -0.1) is 0 Å². The van der Waals surface area contributed by atoms with Gasteiger partial charge in [-0.05, 0) is 17.7 Å². The first-order chi connectivity index (χ1) is 9.17. The molecule has 5 nitrogen and oxygen atoms in total. The Balaban J connectivity index is 1.97. The number of nitrogens with zero attached hydrogens (tertiary/aromatic N) is 2. The van der Waals surface area contributed by atoms with Crippen molar-refractivity contribution in [3.63, 3.8) is 0 Å². The minimum Gasteiger partial charge on any atom is -0.383 e. The summed E-state index contributed by atoms with van der Waals surface area (Å²) in [6.45, 7) is 0.464. The molecule has 102 valence electrons.